The first-order valence-corrected chi connectivity index (χ1v) is 6.78. The molecule has 1 unspecified atom stereocenters. The van der Waals surface area contributed by atoms with Crippen molar-refractivity contribution in [3.8, 4) is 0 Å². The van der Waals surface area contributed by atoms with Gasteiger partial charge in [-0.15, -0.1) is 12.2 Å². The molecule has 1 nitrogen and oxygen atoms in total. The second-order valence-electron chi connectivity index (χ2n) is 0.295. The molecule has 0 aromatic rings. The summed E-state index contributed by atoms with van der Waals surface area (Å²) in [6.07, 6.45) is 0. The van der Waals surface area contributed by atoms with Crippen LogP contribution in [0.3, 0.4) is 0 Å². The summed E-state index contributed by atoms with van der Waals surface area (Å²) in [5.41, 5.74) is 0. The average molecular weight is 334 g/mol. The Morgan fingerprint density at radius 1 is 1.80 bits per heavy atom. The summed E-state index contributed by atoms with van der Waals surface area (Å²) in [6.45, 7) is 0. The van der Waals surface area contributed by atoms with E-state index in [9.17, 15) is 0 Å². The van der Waals surface area contributed by atoms with Crippen LogP contribution in [0.1, 0.15) is 0 Å². The fourth-order valence-electron chi connectivity index (χ4n) is 0. The number of hydrogen-bond donors (Lipinski definition) is 1. The molecule has 0 amide bonds. The van der Waals surface area contributed by atoms with E-state index < -0.39 is 4.99 Å². The topological polar surface area (TPSA) is 9.23 Å². The van der Waals surface area contributed by atoms with Crippen molar-refractivity contribution >= 4 is 62.3 Å². The molecule has 0 spiro atoms. The van der Waals surface area contributed by atoms with Crippen molar-refractivity contribution < 1.29 is 2.85 Å². The van der Waals surface area contributed by atoms with E-state index >= 15 is 0 Å². The van der Waals surface area contributed by atoms with Crippen LogP contribution < -0.4 is 0 Å². The lowest BCUT2D eigenvalue weighted by atomic mass is 15.9. The monoisotopic (exact) mass is 334 g/mol. The van der Waals surface area contributed by atoms with Crippen LogP contribution in [-0.4, -0.2) is 0 Å². The fraction of sp³-hybridized carbons (Fsp3) is 0. The Balaban J connectivity index is 2.54. The third-order valence-corrected chi connectivity index (χ3v) is 5.38. The highest BCUT2D eigenvalue weighted by atomic mass is 127. The molecular formula is HI2OPS. The van der Waals surface area contributed by atoms with Crippen molar-refractivity contribution in [3.05, 3.63) is 0 Å². The predicted octanol–water partition coefficient (Wildman–Crippen LogP) is 2.94. The molecule has 0 aliphatic heterocycles. The molecule has 0 rings (SSSR count). The zero-order valence-electron chi connectivity index (χ0n) is 2.06. The van der Waals surface area contributed by atoms with Crippen molar-refractivity contribution in [2.45, 2.75) is 0 Å². The van der Waals surface area contributed by atoms with Crippen LogP contribution in [0.15, 0.2) is 0 Å². The van der Waals surface area contributed by atoms with Gasteiger partial charge in [-0.2, -0.15) is 0 Å². The van der Waals surface area contributed by atoms with E-state index in [2.05, 4.69) is 37.1 Å². The van der Waals surface area contributed by atoms with Gasteiger partial charge in [0.05, 0.1) is 0 Å². The molecule has 5 heavy (non-hydrogen) atoms. The highest BCUT2D eigenvalue weighted by Gasteiger charge is 1.86. The van der Waals surface area contributed by atoms with E-state index in [-0.39, 0.29) is 0 Å². The predicted molar refractivity (Wildman–Crippen MR) is 45.0 cm³/mol. The molecule has 0 aromatic heterocycles. The first kappa shape index (κ1) is 7.20. The van der Waals surface area contributed by atoms with Gasteiger partial charge in [0.15, 0.2) is 4.99 Å². The largest absolute Gasteiger partial charge is 0.271 e. The molecule has 0 saturated heterocycles. The quantitative estimate of drug-likeness (QED) is 0.441. The van der Waals surface area contributed by atoms with Gasteiger partial charge in [-0.3, -0.25) is 2.85 Å². The minimum Gasteiger partial charge on any atom is -0.271 e. The van der Waals surface area contributed by atoms with E-state index in [0.717, 1.165) is 0 Å². The lowest BCUT2D eigenvalue weighted by Gasteiger charge is -1.86. The second kappa shape index (κ2) is 4.36. The molecule has 1 atom stereocenters. The van der Waals surface area contributed by atoms with Crippen molar-refractivity contribution in [2.75, 3.05) is 0 Å². The van der Waals surface area contributed by atoms with Crippen molar-refractivity contribution in [1.82, 2.24) is 0 Å². The van der Waals surface area contributed by atoms with Gasteiger partial charge in [-0.1, -0.05) is 0 Å². The van der Waals surface area contributed by atoms with E-state index in [1.54, 1.807) is 0 Å². The van der Waals surface area contributed by atoms with Gasteiger partial charge in [0.25, 0.3) is 0 Å². The highest BCUT2D eigenvalue weighted by Crippen LogP contribution is 2.52. The SMILES string of the molecule is SP(I)OI. The van der Waals surface area contributed by atoms with Gasteiger partial charge in [-0.05, 0) is 22.0 Å². The standard InChI is InChI=1S/HI2OPS/c1-3-4(2)5/h5H. The third kappa shape index (κ3) is 6.20. The lowest BCUT2D eigenvalue weighted by molar-refractivity contribution is 0.839. The van der Waals surface area contributed by atoms with Crippen LogP contribution in [0.4, 0.5) is 0 Å². The summed E-state index contributed by atoms with van der Waals surface area (Å²) in [5, 5.41) is 0. The zero-order valence-corrected chi connectivity index (χ0v) is 8.16. The minimum atomic E-state index is -0.447. The van der Waals surface area contributed by atoms with Gasteiger partial charge in [0.1, 0.15) is 23.0 Å². The van der Waals surface area contributed by atoms with Gasteiger partial charge in [0.2, 0.25) is 0 Å². The van der Waals surface area contributed by atoms with Gasteiger partial charge in [0, 0.05) is 0 Å². The number of halogens is 2. The van der Waals surface area contributed by atoms with Crippen LogP contribution in [0.5, 0.6) is 0 Å². The summed E-state index contributed by atoms with van der Waals surface area (Å²) in [7, 11) is 0. The van der Waals surface area contributed by atoms with Crippen molar-refractivity contribution in [3.63, 3.8) is 0 Å². The molecule has 0 aromatic carbocycles. The minimum absolute atomic E-state index is 0.447. The van der Waals surface area contributed by atoms with Crippen LogP contribution in [0, 0.1) is 0 Å². The molecule has 0 N–H and O–H groups in total. The third-order valence-electron chi connectivity index (χ3n) is 0.0569. The van der Waals surface area contributed by atoms with E-state index in [4.69, 9.17) is 0 Å². The van der Waals surface area contributed by atoms with Crippen LogP contribution in [0.25, 0.3) is 0 Å². The fourth-order valence-corrected chi connectivity index (χ4v) is 0. The summed E-state index contributed by atoms with van der Waals surface area (Å²) in [4.78, 5) is -0.447. The molecule has 0 radical (unpaired) electrons. The summed E-state index contributed by atoms with van der Waals surface area (Å²) >= 11 is 7.85. The summed E-state index contributed by atoms with van der Waals surface area (Å²) in [5.74, 6) is 0. The lowest BCUT2D eigenvalue weighted by Crippen LogP contribution is -1.33. The Hall–Kier alpha value is 2.20. The van der Waals surface area contributed by atoms with E-state index in [1.165, 1.54) is 0 Å². The highest BCUT2D eigenvalue weighted by molar-refractivity contribution is 14.2. The Kier molecular flexibility index (Phi) is 6.28. The average Bonchev–Trinajstić information content (AvgIpc) is 1.38. The first-order valence-electron chi connectivity index (χ1n) is 0.706. The van der Waals surface area contributed by atoms with E-state index in [0.29, 0.717) is 0 Å². The number of thiol groups is 1. The van der Waals surface area contributed by atoms with Crippen LogP contribution >= 0.6 is 62.3 Å². The van der Waals surface area contributed by atoms with Gasteiger partial charge < -0.3 is 0 Å². The second-order valence-corrected chi connectivity index (χ2v) is 8.08. The van der Waals surface area contributed by atoms with Crippen LogP contribution in [0.2, 0.25) is 0 Å². The molecular weight excluding hydrogens is 333 g/mol. The molecule has 0 bridgehead atoms. The van der Waals surface area contributed by atoms with E-state index in [1.807, 2.05) is 23.0 Å². The number of hydrogen-bond acceptors (Lipinski definition) is 2. The molecule has 32 valence electrons. The Morgan fingerprint density at radius 2 is 2.00 bits per heavy atom. The van der Waals surface area contributed by atoms with Gasteiger partial charge >= 0.3 is 0 Å². The number of rotatable bonds is 1. The first-order chi connectivity index (χ1) is 2.27. The maximum atomic E-state index is 4.64. The van der Waals surface area contributed by atoms with Gasteiger partial charge in [-0.25, -0.2) is 0 Å². The Morgan fingerprint density at radius 3 is 2.00 bits per heavy atom. The molecule has 0 aliphatic carbocycles. The maximum Gasteiger partial charge on any atom is 0.165 e. The summed E-state index contributed by atoms with van der Waals surface area (Å²) in [6, 6.07) is 0. The molecule has 0 heterocycles. The normalized spacial score (nSPS) is 15.0. The smallest absolute Gasteiger partial charge is 0.165 e. The Bertz CT molecular complexity index is 23.6. The van der Waals surface area contributed by atoms with Crippen LogP contribution in [-0.2, 0) is 2.85 Å². The molecule has 0 fully saturated rings. The zero-order chi connectivity index (χ0) is 4.28. The van der Waals surface area contributed by atoms with Crippen molar-refractivity contribution in [1.29, 1.82) is 0 Å². The molecule has 5 heteroatoms. The molecule has 0 aliphatic rings. The summed E-state index contributed by atoms with van der Waals surface area (Å²) < 4.78 is 4.64. The molecule has 0 saturated carbocycles. The van der Waals surface area contributed by atoms with Crippen molar-refractivity contribution in [2.24, 2.45) is 0 Å². The Labute approximate surface area is 64.4 Å². The maximum absolute atomic E-state index is 4.64.